The van der Waals surface area contributed by atoms with E-state index in [1.165, 1.54) is 11.1 Å². The fourth-order valence-corrected chi connectivity index (χ4v) is 2.19. The third-order valence-electron chi connectivity index (χ3n) is 3.07. The van der Waals surface area contributed by atoms with E-state index in [0.717, 1.165) is 23.6 Å². The third kappa shape index (κ3) is 4.27. The highest BCUT2D eigenvalue weighted by Crippen LogP contribution is 2.15. The molecule has 0 saturated heterocycles. The summed E-state index contributed by atoms with van der Waals surface area (Å²) in [6, 6.07) is 16.0. The number of hydrogen-bond acceptors (Lipinski definition) is 2. The van der Waals surface area contributed by atoms with Crippen LogP contribution in [-0.2, 0) is 12.8 Å². The zero-order valence-corrected chi connectivity index (χ0v) is 11.7. The number of rotatable bonds is 5. The number of methoxy groups -OCH3 is 1. The lowest BCUT2D eigenvalue weighted by molar-refractivity contribution is 0.414. The number of hydrogen-bond donors (Lipinski definition) is 1. The summed E-state index contributed by atoms with van der Waals surface area (Å²) < 4.78 is 5.14. The molecule has 0 amide bonds. The molecule has 2 nitrogen and oxygen atoms in total. The first kappa shape index (κ1) is 13.9. The Bertz CT molecular complexity index is 507. The highest BCUT2D eigenvalue weighted by Gasteiger charge is 2.06. The Morgan fingerprint density at radius 2 is 1.42 bits per heavy atom. The van der Waals surface area contributed by atoms with Crippen molar-refractivity contribution in [2.75, 3.05) is 7.11 Å². The molecule has 2 aromatic carbocycles. The molecule has 2 aromatic rings. The maximum atomic E-state index is 6.18. The Morgan fingerprint density at radius 1 is 0.947 bits per heavy atom. The van der Waals surface area contributed by atoms with Crippen molar-refractivity contribution in [2.45, 2.75) is 18.9 Å². The molecule has 2 rings (SSSR count). The predicted octanol–water partition coefficient (Wildman–Crippen LogP) is 3.46. The molecule has 0 spiro atoms. The number of halogens is 1. The molecule has 19 heavy (non-hydrogen) atoms. The number of ether oxygens (including phenoxy) is 1. The van der Waals surface area contributed by atoms with E-state index in [2.05, 4.69) is 12.1 Å². The van der Waals surface area contributed by atoms with Crippen LogP contribution in [0.25, 0.3) is 0 Å². The molecular formula is C16H18ClNO. The number of nitrogens with two attached hydrogens (primary N) is 1. The van der Waals surface area contributed by atoms with Crippen molar-refractivity contribution in [1.82, 2.24) is 0 Å². The second-order valence-corrected chi connectivity index (χ2v) is 5.08. The van der Waals surface area contributed by atoms with Gasteiger partial charge in [-0.15, -0.1) is 0 Å². The van der Waals surface area contributed by atoms with Gasteiger partial charge in [-0.3, -0.25) is 0 Å². The summed E-state index contributed by atoms with van der Waals surface area (Å²) >= 11 is 5.86. The molecule has 0 saturated carbocycles. The first-order valence-corrected chi connectivity index (χ1v) is 6.68. The van der Waals surface area contributed by atoms with Gasteiger partial charge in [-0.05, 0) is 48.2 Å². The van der Waals surface area contributed by atoms with E-state index in [4.69, 9.17) is 22.1 Å². The van der Waals surface area contributed by atoms with E-state index in [0.29, 0.717) is 0 Å². The lowest BCUT2D eigenvalue weighted by Gasteiger charge is -2.12. The molecule has 0 aliphatic rings. The zero-order chi connectivity index (χ0) is 13.7. The van der Waals surface area contributed by atoms with Crippen LogP contribution in [0.15, 0.2) is 48.5 Å². The lowest BCUT2D eigenvalue weighted by atomic mass is 10.00. The van der Waals surface area contributed by atoms with Crippen LogP contribution >= 0.6 is 11.6 Å². The van der Waals surface area contributed by atoms with Gasteiger partial charge in [-0.1, -0.05) is 35.9 Å². The monoisotopic (exact) mass is 275 g/mol. The van der Waals surface area contributed by atoms with Crippen molar-refractivity contribution in [3.8, 4) is 5.75 Å². The van der Waals surface area contributed by atoms with Crippen molar-refractivity contribution < 1.29 is 4.74 Å². The summed E-state index contributed by atoms with van der Waals surface area (Å²) in [6.07, 6.45) is 1.70. The Balaban J connectivity index is 1.92. The molecule has 0 radical (unpaired) electrons. The fraction of sp³-hybridized carbons (Fsp3) is 0.250. The Labute approximate surface area is 119 Å². The standard InChI is InChI=1S/C16H18ClNO/c1-19-16-8-4-13(5-9-16)11-15(18)10-12-2-6-14(17)7-3-12/h2-9,15H,10-11,18H2,1H3. The lowest BCUT2D eigenvalue weighted by Crippen LogP contribution is -2.25. The van der Waals surface area contributed by atoms with E-state index < -0.39 is 0 Å². The summed E-state index contributed by atoms with van der Waals surface area (Å²) in [4.78, 5) is 0. The minimum Gasteiger partial charge on any atom is -0.497 e. The van der Waals surface area contributed by atoms with Crippen LogP contribution in [0.5, 0.6) is 5.75 Å². The predicted molar refractivity (Wildman–Crippen MR) is 79.8 cm³/mol. The average molecular weight is 276 g/mol. The fourth-order valence-electron chi connectivity index (χ4n) is 2.06. The van der Waals surface area contributed by atoms with Crippen LogP contribution in [0.2, 0.25) is 5.02 Å². The highest BCUT2D eigenvalue weighted by molar-refractivity contribution is 6.30. The van der Waals surface area contributed by atoms with E-state index in [-0.39, 0.29) is 6.04 Å². The molecule has 1 atom stereocenters. The van der Waals surface area contributed by atoms with Gasteiger partial charge in [0.05, 0.1) is 7.11 Å². The van der Waals surface area contributed by atoms with Gasteiger partial charge >= 0.3 is 0 Å². The third-order valence-corrected chi connectivity index (χ3v) is 3.32. The smallest absolute Gasteiger partial charge is 0.118 e. The Kier molecular flexibility index (Phi) is 4.83. The van der Waals surface area contributed by atoms with Crippen LogP contribution in [0.4, 0.5) is 0 Å². The van der Waals surface area contributed by atoms with Crippen molar-refractivity contribution in [1.29, 1.82) is 0 Å². The highest BCUT2D eigenvalue weighted by atomic mass is 35.5. The van der Waals surface area contributed by atoms with Crippen molar-refractivity contribution in [2.24, 2.45) is 5.73 Å². The van der Waals surface area contributed by atoms with Crippen LogP contribution in [0.1, 0.15) is 11.1 Å². The molecule has 1 unspecified atom stereocenters. The largest absolute Gasteiger partial charge is 0.497 e. The molecule has 0 fully saturated rings. The molecular weight excluding hydrogens is 258 g/mol. The maximum Gasteiger partial charge on any atom is 0.118 e. The van der Waals surface area contributed by atoms with Gasteiger partial charge in [-0.25, -0.2) is 0 Å². The summed E-state index contributed by atoms with van der Waals surface area (Å²) in [5.74, 6) is 0.870. The van der Waals surface area contributed by atoms with Gasteiger partial charge in [0, 0.05) is 11.1 Å². The molecule has 0 aromatic heterocycles. The summed E-state index contributed by atoms with van der Waals surface area (Å²) in [5, 5.41) is 0.757. The van der Waals surface area contributed by atoms with E-state index in [1.807, 2.05) is 36.4 Å². The first-order chi connectivity index (χ1) is 9.17. The summed E-state index contributed by atoms with van der Waals surface area (Å²) in [6.45, 7) is 0. The van der Waals surface area contributed by atoms with Gasteiger partial charge < -0.3 is 10.5 Å². The Morgan fingerprint density at radius 3 is 1.89 bits per heavy atom. The first-order valence-electron chi connectivity index (χ1n) is 6.30. The molecule has 0 bridgehead atoms. The van der Waals surface area contributed by atoms with Gasteiger partial charge in [0.15, 0.2) is 0 Å². The molecule has 0 heterocycles. The second-order valence-electron chi connectivity index (χ2n) is 4.64. The normalized spacial score (nSPS) is 12.2. The van der Waals surface area contributed by atoms with E-state index in [9.17, 15) is 0 Å². The molecule has 0 aliphatic heterocycles. The molecule has 3 heteroatoms. The molecule has 100 valence electrons. The van der Waals surface area contributed by atoms with Crippen LogP contribution in [-0.4, -0.2) is 13.2 Å². The molecule has 2 N–H and O–H groups in total. The SMILES string of the molecule is COc1ccc(CC(N)Cc2ccc(Cl)cc2)cc1. The topological polar surface area (TPSA) is 35.2 Å². The summed E-state index contributed by atoms with van der Waals surface area (Å²) in [7, 11) is 1.67. The van der Waals surface area contributed by atoms with Crippen molar-refractivity contribution in [3.05, 3.63) is 64.7 Å². The van der Waals surface area contributed by atoms with Gasteiger partial charge in [-0.2, -0.15) is 0 Å². The van der Waals surface area contributed by atoms with Gasteiger partial charge in [0.25, 0.3) is 0 Å². The minimum atomic E-state index is 0.106. The molecule has 0 aliphatic carbocycles. The zero-order valence-electron chi connectivity index (χ0n) is 11.0. The Hall–Kier alpha value is -1.51. The van der Waals surface area contributed by atoms with Crippen molar-refractivity contribution >= 4 is 11.6 Å². The van der Waals surface area contributed by atoms with Gasteiger partial charge in [0.2, 0.25) is 0 Å². The van der Waals surface area contributed by atoms with E-state index >= 15 is 0 Å². The second kappa shape index (κ2) is 6.60. The summed E-state index contributed by atoms with van der Waals surface area (Å²) in [5.41, 5.74) is 8.62. The quantitative estimate of drug-likeness (QED) is 0.907. The van der Waals surface area contributed by atoms with E-state index in [1.54, 1.807) is 7.11 Å². The van der Waals surface area contributed by atoms with Crippen molar-refractivity contribution in [3.63, 3.8) is 0 Å². The van der Waals surface area contributed by atoms with Crippen LogP contribution < -0.4 is 10.5 Å². The maximum absolute atomic E-state index is 6.18. The van der Waals surface area contributed by atoms with Gasteiger partial charge in [0.1, 0.15) is 5.75 Å². The minimum absolute atomic E-state index is 0.106. The number of benzene rings is 2. The van der Waals surface area contributed by atoms with Crippen LogP contribution in [0.3, 0.4) is 0 Å². The van der Waals surface area contributed by atoms with Crippen LogP contribution in [0, 0.1) is 0 Å². The average Bonchev–Trinajstić information content (AvgIpc) is 2.42.